The minimum atomic E-state index is -2.65. The molecule has 4 atom stereocenters. The zero-order valence-corrected chi connectivity index (χ0v) is 24.0. The van der Waals surface area contributed by atoms with E-state index in [1.807, 2.05) is 0 Å². The summed E-state index contributed by atoms with van der Waals surface area (Å²) in [4.78, 5) is 52.2. The van der Waals surface area contributed by atoms with E-state index < -0.39 is 56.8 Å². The largest absolute Gasteiger partial charge is 0.511 e. The van der Waals surface area contributed by atoms with E-state index in [1.165, 1.54) is 13.0 Å². The summed E-state index contributed by atoms with van der Waals surface area (Å²) in [6, 6.07) is 9.97. The number of rotatable bonds is 4. The number of benzene rings is 2. The summed E-state index contributed by atoms with van der Waals surface area (Å²) >= 11 is 0. The van der Waals surface area contributed by atoms with E-state index in [-0.39, 0.29) is 41.4 Å². The predicted molar refractivity (Wildman–Crippen MR) is 151 cm³/mol. The molecule has 8 nitrogen and oxygen atoms in total. The smallest absolute Gasteiger partial charge is 0.209 e. The summed E-state index contributed by atoms with van der Waals surface area (Å²) in [7, 11) is 0. The molecule has 0 fully saturated rings. The molecule has 5 rings (SSSR count). The Bertz CT molecular complexity index is 1620. The van der Waals surface area contributed by atoms with Crippen LogP contribution in [0.15, 0.2) is 59.1 Å². The van der Waals surface area contributed by atoms with Gasteiger partial charge in [0.15, 0.2) is 23.0 Å². The zero-order valence-electron chi connectivity index (χ0n) is 24.0. The van der Waals surface area contributed by atoms with Crippen LogP contribution in [-0.2, 0) is 16.0 Å². The lowest BCUT2D eigenvalue weighted by molar-refractivity contribution is -0.171. The number of allylic oxidation sites excluding steroid dienone is 2. The van der Waals surface area contributed by atoms with Gasteiger partial charge in [-0.05, 0) is 55.4 Å². The van der Waals surface area contributed by atoms with E-state index >= 15 is 0 Å². The molecule has 4 N–H and O–H groups in total. The fraction of sp³-hybridized carbons (Fsp3) is 0.394. The third kappa shape index (κ3) is 3.63. The van der Waals surface area contributed by atoms with E-state index in [2.05, 4.69) is 0 Å². The fourth-order valence-corrected chi connectivity index (χ4v) is 7.89. The summed E-state index contributed by atoms with van der Waals surface area (Å²) in [5.74, 6) is -5.52. The first kappa shape index (κ1) is 28.5. The topological polar surface area (TPSA) is 149 Å². The molecule has 3 aliphatic rings. The van der Waals surface area contributed by atoms with Crippen LogP contribution in [-0.4, -0.2) is 49.2 Å². The van der Waals surface area contributed by atoms with Gasteiger partial charge in [-0.2, -0.15) is 0 Å². The average Bonchev–Trinajstić information content (AvgIpc) is 2.86. The monoisotopic (exact) mass is 558 g/mol. The summed E-state index contributed by atoms with van der Waals surface area (Å²) < 4.78 is 0. The van der Waals surface area contributed by atoms with Crippen LogP contribution < -0.4 is 0 Å². The van der Waals surface area contributed by atoms with Crippen LogP contribution in [0, 0.1) is 22.7 Å². The van der Waals surface area contributed by atoms with Gasteiger partial charge in [0.05, 0.1) is 5.56 Å². The first-order chi connectivity index (χ1) is 19.0. The first-order valence-corrected chi connectivity index (χ1v) is 13.7. The van der Waals surface area contributed by atoms with Gasteiger partial charge in [-0.25, -0.2) is 0 Å². The lowest BCUT2D eigenvalue weighted by Gasteiger charge is -2.59. The molecule has 0 amide bonds. The van der Waals surface area contributed by atoms with Gasteiger partial charge in [0.25, 0.3) is 0 Å². The fourth-order valence-electron chi connectivity index (χ4n) is 7.89. The SMILES string of the molecule is CC(=O)C1=C(O)C(C(C)C)[C@@]2(C)C[C@@]3(C)Cc4c(-c5ccc(C(C)=O)cc5)ccc(O)c4C(=O)C3=C(O)[C@@]2(O)C1=O. The number of aliphatic hydroxyl groups excluding tert-OH is 2. The molecule has 0 bridgehead atoms. The van der Waals surface area contributed by atoms with Crippen LogP contribution in [0.2, 0.25) is 0 Å². The van der Waals surface area contributed by atoms with E-state index in [4.69, 9.17) is 0 Å². The second kappa shape index (κ2) is 8.98. The van der Waals surface area contributed by atoms with Gasteiger partial charge >= 0.3 is 0 Å². The molecule has 0 saturated heterocycles. The highest BCUT2D eigenvalue weighted by molar-refractivity contribution is 6.25. The third-order valence-corrected chi connectivity index (χ3v) is 9.49. The van der Waals surface area contributed by atoms with Crippen LogP contribution >= 0.6 is 0 Å². The second-order valence-corrected chi connectivity index (χ2v) is 12.6. The number of phenolic OH excluding ortho intramolecular Hbond substituents is 1. The molecular weight excluding hydrogens is 524 g/mol. The molecular formula is C33H34O8. The quantitative estimate of drug-likeness (QED) is 0.295. The van der Waals surface area contributed by atoms with Gasteiger partial charge in [0.2, 0.25) is 5.78 Å². The van der Waals surface area contributed by atoms with Crippen LogP contribution in [0.3, 0.4) is 0 Å². The number of carbonyl (C=O) groups is 4. The highest BCUT2D eigenvalue weighted by Gasteiger charge is 2.71. The number of Topliss-reactive ketones (excluding diaryl/α,β-unsaturated/α-hetero) is 4. The number of ketones is 4. The van der Waals surface area contributed by atoms with Crippen molar-refractivity contribution in [3.8, 4) is 16.9 Å². The maximum Gasteiger partial charge on any atom is 0.209 e. The number of aromatic hydroxyl groups is 1. The van der Waals surface area contributed by atoms with Gasteiger partial charge in [-0.1, -0.05) is 58.0 Å². The van der Waals surface area contributed by atoms with Crippen molar-refractivity contribution in [2.75, 3.05) is 0 Å². The molecule has 2 aromatic rings. The number of aliphatic hydroxyl groups is 3. The van der Waals surface area contributed by atoms with Crippen molar-refractivity contribution in [3.63, 3.8) is 0 Å². The molecule has 214 valence electrons. The summed E-state index contributed by atoms with van der Waals surface area (Å²) in [5.41, 5.74) is -3.62. The molecule has 3 aliphatic carbocycles. The predicted octanol–water partition coefficient (Wildman–Crippen LogP) is 5.22. The molecule has 0 saturated carbocycles. The maximum absolute atomic E-state index is 14.2. The van der Waals surface area contributed by atoms with Gasteiger partial charge in [0.1, 0.15) is 22.8 Å². The van der Waals surface area contributed by atoms with Gasteiger partial charge < -0.3 is 20.4 Å². The molecule has 0 heterocycles. The number of carbonyl (C=O) groups excluding carboxylic acids is 4. The van der Waals surface area contributed by atoms with E-state index in [0.717, 1.165) is 12.5 Å². The lowest BCUT2D eigenvalue weighted by Crippen LogP contribution is -2.67. The van der Waals surface area contributed by atoms with Crippen molar-refractivity contribution >= 4 is 23.1 Å². The number of hydrogen-bond donors (Lipinski definition) is 4. The van der Waals surface area contributed by atoms with Crippen molar-refractivity contribution in [2.45, 2.75) is 60.0 Å². The van der Waals surface area contributed by atoms with Crippen LogP contribution in [0.25, 0.3) is 11.1 Å². The van der Waals surface area contributed by atoms with Crippen molar-refractivity contribution in [1.29, 1.82) is 0 Å². The third-order valence-electron chi connectivity index (χ3n) is 9.49. The van der Waals surface area contributed by atoms with Crippen LogP contribution in [0.1, 0.15) is 74.2 Å². The Hall–Kier alpha value is -4.04. The molecule has 1 unspecified atom stereocenters. The van der Waals surface area contributed by atoms with Crippen molar-refractivity contribution < 1.29 is 39.6 Å². The van der Waals surface area contributed by atoms with Crippen molar-refractivity contribution in [1.82, 2.24) is 0 Å². The van der Waals surface area contributed by atoms with Gasteiger partial charge in [-0.3, -0.25) is 19.2 Å². The summed E-state index contributed by atoms with van der Waals surface area (Å²) in [6.45, 7) is 9.52. The molecule has 0 radical (unpaired) electrons. The Balaban J connectivity index is 1.78. The highest BCUT2D eigenvalue weighted by atomic mass is 16.3. The molecule has 0 spiro atoms. The first-order valence-electron chi connectivity index (χ1n) is 13.7. The molecule has 2 aromatic carbocycles. The Morgan fingerprint density at radius 1 is 0.927 bits per heavy atom. The standard InChI is InChI=1S/C33H34O8/c1-15(2)25-27(37)23(17(4)35)29(39)33(41)30(40)26-28(38)24-21(13-31(26,5)14-32(25,33)6)20(11-12-22(24)36)19-9-7-18(8-10-19)16(3)34/h7-12,15,25,36-37,40-41H,13-14H2,1-6H3/t25?,31-,32-,33+/m1/s1. The second-order valence-electron chi connectivity index (χ2n) is 12.6. The normalized spacial score (nSPS) is 29.3. The maximum atomic E-state index is 14.2. The number of fused-ring (bicyclic) bond motifs is 3. The van der Waals surface area contributed by atoms with Crippen LogP contribution in [0.5, 0.6) is 5.75 Å². The van der Waals surface area contributed by atoms with Crippen molar-refractivity contribution in [2.24, 2.45) is 22.7 Å². The Morgan fingerprint density at radius 3 is 2.07 bits per heavy atom. The summed E-state index contributed by atoms with van der Waals surface area (Å²) in [6.07, 6.45) is 0.184. The Labute approximate surface area is 238 Å². The molecule has 8 heteroatoms. The Kier molecular flexibility index (Phi) is 6.24. The zero-order chi connectivity index (χ0) is 30.4. The number of hydrogen-bond acceptors (Lipinski definition) is 8. The van der Waals surface area contributed by atoms with Gasteiger partial charge in [-0.15, -0.1) is 0 Å². The van der Waals surface area contributed by atoms with E-state index in [0.29, 0.717) is 16.7 Å². The highest BCUT2D eigenvalue weighted by Crippen LogP contribution is 2.65. The minimum absolute atomic E-state index is 0.0171. The van der Waals surface area contributed by atoms with Crippen LogP contribution in [0.4, 0.5) is 0 Å². The molecule has 0 aliphatic heterocycles. The Morgan fingerprint density at radius 2 is 1.54 bits per heavy atom. The minimum Gasteiger partial charge on any atom is -0.511 e. The van der Waals surface area contributed by atoms with Crippen molar-refractivity contribution in [3.05, 3.63) is 75.8 Å². The summed E-state index contributed by atoms with van der Waals surface area (Å²) in [5, 5.41) is 46.0. The lowest BCUT2D eigenvalue weighted by atomic mass is 9.44. The molecule has 41 heavy (non-hydrogen) atoms. The van der Waals surface area contributed by atoms with Gasteiger partial charge in [0, 0.05) is 27.9 Å². The van der Waals surface area contributed by atoms with E-state index in [1.54, 1.807) is 58.0 Å². The number of phenols is 1. The molecule has 0 aromatic heterocycles. The average molecular weight is 559 g/mol. The van der Waals surface area contributed by atoms with E-state index in [9.17, 15) is 39.6 Å².